The number of furan rings is 1. The summed E-state index contributed by atoms with van der Waals surface area (Å²) in [5.74, 6) is 2.48. The summed E-state index contributed by atoms with van der Waals surface area (Å²) >= 11 is 0. The van der Waals surface area contributed by atoms with E-state index < -0.39 is 0 Å². The van der Waals surface area contributed by atoms with E-state index in [2.05, 4.69) is 72.8 Å². The maximum Gasteiger partial charge on any atom is 0.287 e. The summed E-state index contributed by atoms with van der Waals surface area (Å²) in [7, 11) is 0. The second kappa shape index (κ2) is 9.79. The molecule has 2 aliphatic carbocycles. The smallest absolute Gasteiger partial charge is 0.287 e. The second-order valence-electron chi connectivity index (χ2n) is 13.1. The predicted octanol–water partition coefficient (Wildman–Crippen LogP) is 8.36. The zero-order chi connectivity index (χ0) is 24.9. The monoisotopic (exact) mass is 479 g/mol. The number of aryl methyl sites for hydroxylation is 1. The van der Waals surface area contributed by atoms with Crippen LogP contribution in [-0.2, 0) is 17.3 Å². The first-order valence-electron chi connectivity index (χ1n) is 13.4. The number of nitrogens with one attached hydrogen (secondary N) is 1. The molecule has 35 heavy (non-hydrogen) atoms. The fraction of sp³-hybridized carbons (Fsp3) is 0.656. The molecule has 2 aromatic rings. The van der Waals surface area contributed by atoms with Crippen LogP contribution in [0.1, 0.15) is 127 Å². The van der Waals surface area contributed by atoms with Crippen molar-refractivity contribution >= 4 is 5.91 Å². The van der Waals surface area contributed by atoms with Crippen molar-refractivity contribution in [1.82, 2.24) is 5.32 Å². The minimum Gasteiger partial charge on any atom is -0.456 e. The quantitative estimate of drug-likeness (QED) is 0.413. The summed E-state index contributed by atoms with van der Waals surface area (Å²) in [5, 5.41) is 3.16. The highest BCUT2D eigenvalue weighted by Gasteiger charge is 2.49. The van der Waals surface area contributed by atoms with Gasteiger partial charge in [0.05, 0.1) is 0 Å². The summed E-state index contributed by atoms with van der Waals surface area (Å²) in [6.45, 7) is 19.3. The predicted molar refractivity (Wildman–Crippen MR) is 147 cm³/mol. The number of fused-ring (bicyclic) bond motifs is 1. The van der Waals surface area contributed by atoms with E-state index in [0.29, 0.717) is 17.1 Å². The van der Waals surface area contributed by atoms with Crippen molar-refractivity contribution in [2.24, 2.45) is 17.3 Å². The van der Waals surface area contributed by atoms with Crippen LogP contribution < -0.4 is 5.32 Å². The number of benzene rings is 1. The minimum atomic E-state index is -0.0872. The summed E-state index contributed by atoms with van der Waals surface area (Å²) in [6.07, 6.45) is 6.75. The van der Waals surface area contributed by atoms with Gasteiger partial charge in [-0.2, -0.15) is 0 Å². The van der Waals surface area contributed by atoms with Crippen molar-refractivity contribution in [1.29, 1.82) is 0 Å². The fourth-order valence-electron chi connectivity index (χ4n) is 6.18. The van der Waals surface area contributed by atoms with Crippen molar-refractivity contribution in [2.45, 2.75) is 112 Å². The molecule has 1 amide bonds. The van der Waals surface area contributed by atoms with E-state index in [4.69, 9.17) is 4.42 Å². The Hall–Kier alpha value is -2.03. The average Bonchev–Trinajstić information content (AvgIpc) is 3.16. The van der Waals surface area contributed by atoms with Gasteiger partial charge in [0.15, 0.2) is 5.76 Å². The van der Waals surface area contributed by atoms with Crippen LogP contribution in [0.4, 0.5) is 0 Å². The molecular formula is C32H49NO2. The van der Waals surface area contributed by atoms with Crippen molar-refractivity contribution in [3.63, 3.8) is 0 Å². The van der Waals surface area contributed by atoms with Gasteiger partial charge >= 0.3 is 0 Å². The maximum atomic E-state index is 12.8. The van der Waals surface area contributed by atoms with Gasteiger partial charge in [-0.25, -0.2) is 0 Å². The number of carbonyl (C=O) groups is 1. The molecule has 0 bridgehead atoms. The van der Waals surface area contributed by atoms with Gasteiger partial charge in [-0.15, -0.1) is 0 Å². The topological polar surface area (TPSA) is 42.2 Å². The molecule has 0 spiro atoms. The molecule has 1 aromatic carbocycles. The Labute approximate surface area is 214 Å². The molecule has 1 heterocycles. The van der Waals surface area contributed by atoms with E-state index in [1.165, 1.54) is 47.9 Å². The molecule has 194 valence electrons. The van der Waals surface area contributed by atoms with Gasteiger partial charge in [0, 0.05) is 13.0 Å². The number of hydrogen-bond donors (Lipinski definition) is 1. The molecule has 1 aromatic heterocycles. The van der Waals surface area contributed by atoms with Crippen LogP contribution in [0.3, 0.4) is 0 Å². The Morgan fingerprint density at radius 3 is 2.23 bits per heavy atom. The molecule has 3 heteroatoms. The van der Waals surface area contributed by atoms with Crippen LogP contribution in [0.2, 0.25) is 0 Å². The summed E-state index contributed by atoms with van der Waals surface area (Å²) in [5.41, 5.74) is 6.40. The van der Waals surface area contributed by atoms with Gasteiger partial charge in [0.1, 0.15) is 5.76 Å². The largest absolute Gasteiger partial charge is 0.456 e. The average molecular weight is 480 g/mol. The Bertz CT molecular complexity index is 1060. The highest BCUT2D eigenvalue weighted by atomic mass is 16.3. The summed E-state index contributed by atoms with van der Waals surface area (Å²) in [4.78, 5) is 12.8. The molecule has 2 aliphatic rings. The lowest BCUT2D eigenvalue weighted by molar-refractivity contribution is 0.0913. The molecular weight excluding hydrogens is 430 g/mol. The number of rotatable bonds is 8. The van der Waals surface area contributed by atoms with Crippen LogP contribution in [-0.4, -0.2) is 12.5 Å². The Morgan fingerprint density at radius 2 is 1.66 bits per heavy atom. The minimum absolute atomic E-state index is 0. The lowest BCUT2D eigenvalue weighted by Gasteiger charge is -2.42. The molecule has 3 nitrogen and oxygen atoms in total. The summed E-state index contributed by atoms with van der Waals surface area (Å²) < 4.78 is 6.04. The lowest BCUT2D eigenvalue weighted by Crippen LogP contribution is -2.34. The van der Waals surface area contributed by atoms with E-state index in [1.807, 2.05) is 12.1 Å². The lowest BCUT2D eigenvalue weighted by atomic mass is 9.62. The molecule has 0 saturated heterocycles. The number of carbonyl (C=O) groups excluding carboxylic acids is 1. The highest BCUT2D eigenvalue weighted by molar-refractivity contribution is 5.91. The standard InChI is InChI=1S/C31H45NO2.CH4/c1-9-10-21(26-18-31(26,7)8)19-32-28(33)27-12-11-23(34-27)16-22-17-25-24(15-20(22)2)29(3,4)13-14-30(25,5)6;/h11-12,15,17,21,26H,9-10,13-14,16,18-19H2,1-8H3,(H,32,33);1H4/t21?,26-;/m1./s1. The van der Waals surface area contributed by atoms with Crippen LogP contribution in [0.25, 0.3) is 0 Å². The number of amides is 1. The Balaban J connectivity index is 0.00000342. The van der Waals surface area contributed by atoms with E-state index in [9.17, 15) is 4.79 Å². The van der Waals surface area contributed by atoms with E-state index >= 15 is 0 Å². The molecule has 1 N–H and O–H groups in total. The van der Waals surface area contributed by atoms with E-state index in [-0.39, 0.29) is 24.2 Å². The number of hydrogen-bond acceptors (Lipinski definition) is 2. The van der Waals surface area contributed by atoms with Crippen molar-refractivity contribution in [3.8, 4) is 0 Å². The highest BCUT2D eigenvalue weighted by Crippen LogP contribution is 2.56. The van der Waals surface area contributed by atoms with E-state index in [0.717, 1.165) is 31.1 Å². The van der Waals surface area contributed by atoms with Crippen molar-refractivity contribution in [3.05, 3.63) is 58.0 Å². The first kappa shape index (κ1) is 27.6. The molecule has 0 radical (unpaired) electrons. The van der Waals surface area contributed by atoms with Crippen molar-refractivity contribution < 1.29 is 9.21 Å². The third-order valence-corrected chi connectivity index (χ3v) is 8.90. The zero-order valence-electron chi connectivity index (χ0n) is 22.7. The molecule has 1 unspecified atom stereocenters. The van der Waals surface area contributed by atoms with Crippen LogP contribution in [0, 0.1) is 24.2 Å². The third-order valence-electron chi connectivity index (χ3n) is 8.90. The Kier molecular flexibility index (Phi) is 7.71. The van der Waals surface area contributed by atoms with Gasteiger partial charge < -0.3 is 9.73 Å². The first-order valence-corrected chi connectivity index (χ1v) is 13.4. The van der Waals surface area contributed by atoms with Crippen LogP contribution in [0.5, 0.6) is 0 Å². The second-order valence-corrected chi connectivity index (χ2v) is 13.1. The first-order chi connectivity index (χ1) is 15.8. The van der Waals surface area contributed by atoms with Crippen molar-refractivity contribution in [2.75, 3.05) is 6.54 Å². The molecule has 4 rings (SSSR count). The molecule has 1 saturated carbocycles. The van der Waals surface area contributed by atoms with Crippen LogP contribution >= 0.6 is 0 Å². The normalized spacial score (nSPS) is 22.0. The van der Waals surface area contributed by atoms with Gasteiger partial charge in [-0.3, -0.25) is 4.79 Å². The molecule has 2 atom stereocenters. The molecule has 0 aliphatic heterocycles. The summed E-state index contributed by atoms with van der Waals surface area (Å²) in [6, 6.07) is 8.60. The van der Waals surface area contributed by atoms with Gasteiger partial charge in [-0.05, 0) is 95.1 Å². The Morgan fingerprint density at radius 1 is 1.06 bits per heavy atom. The van der Waals surface area contributed by atoms with Gasteiger partial charge in [-0.1, -0.05) is 74.4 Å². The van der Waals surface area contributed by atoms with E-state index in [1.54, 1.807) is 0 Å². The fourth-order valence-corrected chi connectivity index (χ4v) is 6.18. The van der Waals surface area contributed by atoms with Gasteiger partial charge in [0.2, 0.25) is 0 Å². The zero-order valence-corrected chi connectivity index (χ0v) is 22.7. The maximum absolute atomic E-state index is 12.8. The third kappa shape index (κ3) is 5.70. The molecule has 1 fully saturated rings. The van der Waals surface area contributed by atoms with Crippen LogP contribution in [0.15, 0.2) is 28.7 Å². The SMILES string of the molecule is C.CCCC(CNC(=O)c1ccc(Cc2cc3c(cc2C)C(C)(C)CCC3(C)C)o1)[C@H]1CC1(C)C. The van der Waals surface area contributed by atoms with Gasteiger partial charge in [0.25, 0.3) is 5.91 Å².